The predicted octanol–water partition coefficient (Wildman–Crippen LogP) is 4.19. The summed E-state index contributed by atoms with van der Waals surface area (Å²) in [4.78, 5) is 0. The molecule has 110 valence electrons. The van der Waals surface area contributed by atoms with Crippen molar-refractivity contribution in [2.75, 3.05) is 0 Å². The molecule has 0 bridgehead atoms. The first kappa shape index (κ1) is 16.3. The van der Waals surface area contributed by atoms with Crippen LogP contribution in [0.15, 0.2) is 0 Å². The van der Waals surface area contributed by atoms with E-state index < -0.39 is 23.6 Å². The predicted molar refractivity (Wildman–Crippen MR) is 66.2 cm³/mol. The van der Waals surface area contributed by atoms with Crippen molar-refractivity contribution in [2.24, 2.45) is 11.3 Å². The van der Waals surface area contributed by atoms with Crippen molar-refractivity contribution in [1.82, 2.24) is 0 Å². The van der Waals surface area contributed by atoms with Gasteiger partial charge in [-0.25, -0.2) is 0 Å². The van der Waals surface area contributed by atoms with Gasteiger partial charge in [0.1, 0.15) is 0 Å². The zero-order valence-corrected chi connectivity index (χ0v) is 11.6. The van der Waals surface area contributed by atoms with Crippen LogP contribution in [0.3, 0.4) is 0 Å². The molecule has 19 heavy (non-hydrogen) atoms. The third-order valence-electron chi connectivity index (χ3n) is 4.37. The van der Waals surface area contributed by atoms with E-state index in [0.717, 1.165) is 12.8 Å². The summed E-state index contributed by atoms with van der Waals surface area (Å²) in [5.41, 5.74) is -2.24. The molecule has 1 aliphatic rings. The van der Waals surface area contributed by atoms with Gasteiger partial charge in [-0.3, -0.25) is 0 Å². The summed E-state index contributed by atoms with van der Waals surface area (Å²) in [6, 6.07) is 2.20. The first-order valence-electron chi connectivity index (χ1n) is 6.82. The van der Waals surface area contributed by atoms with Crippen LogP contribution in [-0.4, -0.2) is 16.9 Å². The lowest BCUT2D eigenvalue weighted by Gasteiger charge is -2.45. The van der Waals surface area contributed by atoms with Crippen LogP contribution in [0.5, 0.6) is 0 Å². The molecule has 1 rings (SSSR count). The first-order valence-corrected chi connectivity index (χ1v) is 6.82. The molecule has 1 N–H and O–H groups in total. The van der Waals surface area contributed by atoms with Crippen molar-refractivity contribution < 1.29 is 18.3 Å². The van der Waals surface area contributed by atoms with Gasteiger partial charge >= 0.3 is 6.18 Å². The Balaban J connectivity index is 2.70. The van der Waals surface area contributed by atoms with E-state index in [4.69, 9.17) is 0 Å². The Hall–Kier alpha value is -0.760. The molecular formula is C14H22F3NO. The van der Waals surface area contributed by atoms with Gasteiger partial charge in [0.25, 0.3) is 0 Å². The van der Waals surface area contributed by atoms with Gasteiger partial charge in [-0.05, 0) is 38.5 Å². The van der Waals surface area contributed by atoms with E-state index in [1.165, 1.54) is 6.92 Å². The lowest BCUT2D eigenvalue weighted by atomic mass is 9.61. The fraction of sp³-hybridized carbons (Fsp3) is 0.929. The summed E-state index contributed by atoms with van der Waals surface area (Å²) in [6.45, 7) is 3.54. The van der Waals surface area contributed by atoms with Gasteiger partial charge in [0, 0.05) is 6.42 Å². The summed E-state index contributed by atoms with van der Waals surface area (Å²) >= 11 is 0. The summed E-state index contributed by atoms with van der Waals surface area (Å²) < 4.78 is 36.5. The number of aliphatic hydroxyl groups is 1. The Morgan fingerprint density at radius 3 is 2.47 bits per heavy atom. The minimum atomic E-state index is -4.20. The molecular weight excluding hydrogens is 255 g/mol. The Labute approximate surface area is 112 Å². The second-order valence-electron chi connectivity index (χ2n) is 6.14. The third-order valence-corrected chi connectivity index (χ3v) is 4.37. The van der Waals surface area contributed by atoms with Gasteiger partial charge < -0.3 is 5.11 Å². The highest BCUT2D eigenvalue weighted by molar-refractivity contribution is 5.11. The van der Waals surface area contributed by atoms with Crippen LogP contribution >= 0.6 is 0 Å². The fourth-order valence-electron chi connectivity index (χ4n) is 3.13. The average molecular weight is 277 g/mol. The topological polar surface area (TPSA) is 44.0 Å². The standard InChI is InChI=1S/C14H22F3NO/c1-11-5-3-7-13(9-11,10-18)12(2,19)6-4-8-14(15,16)17/h11,19H,3-9H2,1-2H3. The molecule has 3 unspecified atom stereocenters. The summed E-state index contributed by atoms with van der Waals surface area (Å²) in [5, 5.41) is 19.9. The molecule has 0 amide bonds. The lowest BCUT2D eigenvalue weighted by molar-refractivity contribution is -0.141. The highest BCUT2D eigenvalue weighted by Gasteiger charge is 2.49. The molecule has 1 aliphatic carbocycles. The molecule has 0 spiro atoms. The number of alkyl halides is 3. The smallest absolute Gasteiger partial charge is 0.389 e. The van der Waals surface area contributed by atoms with Gasteiger partial charge in [0.2, 0.25) is 0 Å². The summed E-state index contributed by atoms with van der Waals surface area (Å²) in [6.07, 6.45) is -2.20. The number of hydrogen-bond acceptors (Lipinski definition) is 2. The number of rotatable bonds is 4. The summed E-state index contributed by atoms with van der Waals surface area (Å²) in [7, 11) is 0. The monoisotopic (exact) mass is 277 g/mol. The number of halogens is 3. The van der Waals surface area contributed by atoms with Gasteiger partial charge in [0.05, 0.1) is 17.1 Å². The molecule has 1 saturated carbocycles. The van der Waals surface area contributed by atoms with Crippen LogP contribution in [0, 0.1) is 22.7 Å². The molecule has 0 aliphatic heterocycles. The van der Waals surface area contributed by atoms with E-state index in [1.807, 2.05) is 6.92 Å². The molecule has 0 aromatic rings. The van der Waals surface area contributed by atoms with Crippen molar-refractivity contribution in [3.63, 3.8) is 0 Å². The highest BCUT2D eigenvalue weighted by Crippen LogP contribution is 2.48. The van der Waals surface area contributed by atoms with E-state index in [9.17, 15) is 23.5 Å². The molecule has 5 heteroatoms. The summed E-state index contributed by atoms with van der Waals surface area (Å²) in [5.74, 6) is 0.336. The second kappa shape index (κ2) is 5.70. The van der Waals surface area contributed by atoms with Crippen LogP contribution < -0.4 is 0 Å². The van der Waals surface area contributed by atoms with E-state index in [0.29, 0.717) is 18.8 Å². The maximum absolute atomic E-state index is 12.2. The Morgan fingerprint density at radius 1 is 1.37 bits per heavy atom. The van der Waals surface area contributed by atoms with Crippen molar-refractivity contribution in [2.45, 2.75) is 70.6 Å². The van der Waals surface area contributed by atoms with Crippen molar-refractivity contribution in [3.8, 4) is 6.07 Å². The minimum absolute atomic E-state index is 0.0206. The third kappa shape index (κ3) is 4.10. The molecule has 0 aromatic heterocycles. The van der Waals surface area contributed by atoms with Crippen molar-refractivity contribution in [1.29, 1.82) is 5.26 Å². The normalized spacial score (nSPS) is 31.5. The van der Waals surface area contributed by atoms with Crippen LogP contribution in [0.1, 0.15) is 58.8 Å². The molecule has 0 aromatic carbocycles. The van der Waals surface area contributed by atoms with Gasteiger partial charge in [-0.1, -0.05) is 19.8 Å². The maximum Gasteiger partial charge on any atom is 0.389 e. The molecule has 0 radical (unpaired) electrons. The lowest BCUT2D eigenvalue weighted by Crippen LogP contribution is -2.47. The molecule has 2 nitrogen and oxygen atoms in total. The van der Waals surface area contributed by atoms with E-state index in [2.05, 4.69) is 6.07 Å². The van der Waals surface area contributed by atoms with Gasteiger partial charge in [-0.15, -0.1) is 0 Å². The van der Waals surface area contributed by atoms with E-state index in [1.54, 1.807) is 0 Å². The SMILES string of the molecule is CC1CCCC(C#N)(C(C)(O)CCCC(F)(F)F)C1. The van der Waals surface area contributed by atoms with Crippen LogP contribution in [0.25, 0.3) is 0 Å². The number of hydrogen-bond donors (Lipinski definition) is 1. The van der Waals surface area contributed by atoms with Gasteiger partial charge in [-0.2, -0.15) is 18.4 Å². The highest BCUT2D eigenvalue weighted by atomic mass is 19.4. The molecule has 0 heterocycles. The Bertz CT molecular complexity index is 346. The zero-order chi connectivity index (χ0) is 14.7. The van der Waals surface area contributed by atoms with Crippen LogP contribution in [0.2, 0.25) is 0 Å². The molecule has 1 fully saturated rings. The van der Waals surface area contributed by atoms with Crippen LogP contribution in [-0.2, 0) is 0 Å². The maximum atomic E-state index is 12.2. The quantitative estimate of drug-likeness (QED) is 0.837. The van der Waals surface area contributed by atoms with E-state index >= 15 is 0 Å². The van der Waals surface area contributed by atoms with Crippen molar-refractivity contribution in [3.05, 3.63) is 0 Å². The second-order valence-corrected chi connectivity index (χ2v) is 6.14. The average Bonchev–Trinajstić information content (AvgIpc) is 2.26. The zero-order valence-electron chi connectivity index (χ0n) is 11.6. The van der Waals surface area contributed by atoms with Crippen LogP contribution in [0.4, 0.5) is 13.2 Å². The Kier molecular flexibility index (Phi) is 4.89. The molecule has 3 atom stereocenters. The number of nitrogens with zero attached hydrogens (tertiary/aromatic N) is 1. The largest absolute Gasteiger partial charge is 0.389 e. The van der Waals surface area contributed by atoms with Gasteiger partial charge in [0.15, 0.2) is 0 Å². The minimum Gasteiger partial charge on any atom is -0.389 e. The first-order chi connectivity index (χ1) is 8.62. The molecule has 0 saturated heterocycles. The van der Waals surface area contributed by atoms with Crippen molar-refractivity contribution >= 4 is 0 Å². The fourth-order valence-corrected chi connectivity index (χ4v) is 3.13. The van der Waals surface area contributed by atoms with E-state index in [-0.39, 0.29) is 12.8 Å². The Morgan fingerprint density at radius 2 is 2.00 bits per heavy atom. The number of nitriles is 1.